The van der Waals surface area contributed by atoms with Crippen LogP contribution in [0, 0.1) is 0 Å². The Morgan fingerprint density at radius 2 is 1.67 bits per heavy atom. The summed E-state index contributed by atoms with van der Waals surface area (Å²) >= 11 is 0. The Kier molecular flexibility index (Phi) is 7.01. The molecule has 30 heavy (non-hydrogen) atoms. The first-order valence-corrected chi connectivity index (χ1v) is 10.2. The van der Waals surface area contributed by atoms with Crippen LogP contribution in [0.1, 0.15) is 50.3 Å². The lowest BCUT2D eigenvalue weighted by molar-refractivity contribution is -0.119. The SMILES string of the molecule is CC(C)c1ccc(CCC(=O)Nc2cccc(NC(=O)[C@@H](C)n3cccn3)c2)cc1. The van der Waals surface area contributed by atoms with Crippen molar-refractivity contribution >= 4 is 23.2 Å². The van der Waals surface area contributed by atoms with Gasteiger partial charge in [0.15, 0.2) is 0 Å². The molecule has 0 bridgehead atoms. The number of benzene rings is 2. The van der Waals surface area contributed by atoms with Gasteiger partial charge in [0.05, 0.1) is 0 Å². The maximum Gasteiger partial charge on any atom is 0.248 e. The molecule has 3 aromatic rings. The molecule has 1 aromatic heterocycles. The minimum atomic E-state index is -0.430. The molecule has 6 nitrogen and oxygen atoms in total. The third-order valence-electron chi connectivity index (χ3n) is 5.00. The largest absolute Gasteiger partial charge is 0.326 e. The number of hydrogen-bond acceptors (Lipinski definition) is 3. The zero-order valence-corrected chi connectivity index (χ0v) is 17.6. The third kappa shape index (κ3) is 5.80. The van der Waals surface area contributed by atoms with Gasteiger partial charge in [0, 0.05) is 30.2 Å². The molecule has 1 atom stereocenters. The molecule has 0 radical (unpaired) electrons. The smallest absolute Gasteiger partial charge is 0.248 e. The number of anilines is 2. The summed E-state index contributed by atoms with van der Waals surface area (Å²) in [6, 6.07) is 16.9. The number of aryl methyl sites for hydroxylation is 1. The second-order valence-electron chi connectivity index (χ2n) is 7.68. The highest BCUT2D eigenvalue weighted by atomic mass is 16.2. The van der Waals surface area contributed by atoms with Gasteiger partial charge in [-0.3, -0.25) is 14.3 Å². The van der Waals surface area contributed by atoms with Gasteiger partial charge >= 0.3 is 0 Å². The molecule has 2 N–H and O–H groups in total. The predicted octanol–water partition coefficient (Wildman–Crippen LogP) is 4.78. The topological polar surface area (TPSA) is 76.0 Å². The molecule has 6 heteroatoms. The van der Waals surface area contributed by atoms with Crippen molar-refractivity contribution in [2.24, 2.45) is 0 Å². The average Bonchev–Trinajstić information content (AvgIpc) is 3.27. The van der Waals surface area contributed by atoms with Crippen LogP contribution in [0.15, 0.2) is 67.0 Å². The number of aromatic nitrogens is 2. The van der Waals surface area contributed by atoms with Gasteiger partial charge in [0.2, 0.25) is 11.8 Å². The number of carbonyl (C=O) groups excluding carboxylic acids is 2. The van der Waals surface area contributed by atoms with Gasteiger partial charge in [-0.1, -0.05) is 44.2 Å². The number of rotatable bonds is 8. The number of hydrogen-bond donors (Lipinski definition) is 2. The first-order chi connectivity index (χ1) is 14.4. The lowest BCUT2D eigenvalue weighted by atomic mass is 10.0. The molecule has 3 rings (SSSR count). The molecule has 0 fully saturated rings. The molecule has 156 valence electrons. The van der Waals surface area contributed by atoms with Crippen molar-refractivity contribution in [3.05, 3.63) is 78.1 Å². The lowest BCUT2D eigenvalue weighted by Crippen LogP contribution is -2.24. The fourth-order valence-corrected chi connectivity index (χ4v) is 3.10. The van der Waals surface area contributed by atoms with Crippen molar-refractivity contribution in [1.82, 2.24) is 9.78 Å². The molecular formula is C24H28N4O2. The van der Waals surface area contributed by atoms with Crippen molar-refractivity contribution in [2.75, 3.05) is 10.6 Å². The van der Waals surface area contributed by atoms with Crippen LogP contribution in [0.25, 0.3) is 0 Å². The van der Waals surface area contributed by atoms with Crippen LogP contribution in [0.3, 0.4) is 0 Å². The summed E-state index contributed by atoms with van der Waals surface area (Å²) in [5, 5.41) is 9.86. The van der Waals surface area contributed by atoms with E-state index in [0.717, 1.165) is 5.56 Å². The van der Waals surface area contributed by atoms with E-state index in [1.807, 2.05) is 6.07 Å². The second kappa shape index (κ2) is 9.87. The minimum absolute atomic E-state index is 0.0590. The second-order valence-corrected chi connectivity index (χ2v) is 7.68. The molecule has 0 aliphatic carbocycles. The standard InChI is InChI=1S/C24H28N4O2/c1-17(2)20-11-8-19(9-12-20)10-13-23(29)26-21-6-4-7-22(16-21)27-24(30)18(3)28-15-5-14-25-28/h4-9,11-12,14-18H,10,13H2,1-3H3,(H,26,29)(H,27,30)/t18-/m1/s1. The number of nitrogens with one attached hydrogen (secondary N) is 2. The molecule has 1 heterocycles. The van der Waals surface area contributed by atoms with Crippen LogP contribution in [0.2, 0.25) is 0 Å². The Morgan fingerprint density at radius 1 is 0.967 bits per heavy atom. The number of amides is 2. The first-order valence-electron chi connectivity index (χ1n) is 10.2. The first kappa shape index (κ1) is 21.3. The van der Waals surface area contributed by atoms with Gasteiger partial charge in [0.1, 0.15) is 6.04 Å². The van der Waals surface area contributed by atoms with E-state index >= 15 is 0 Å². The fourth-order valence-electron chi connectivity index (χ4n) is 3.10. The van der Waals surface area contributed by atoms with Crippen LogP contribution >= 0.6 is 0 Å². The maximum atomic E-state index is 12.4. The molecule has 0 unspecified atom stereocenters. The Labute approximate surface area is 177 Å². The summed E-state index contributed by atoms with van der Waals surface area (Å²) in [6.45, 7) is 6.11. The molecule has 0 saturated heterocycles. The highest BCUT2D eigenvalue weighted by molar-refractivity contribution is 5.95. The van der Waals surface area contributed by atoms with Crippen LogP contribution in [-0.2, 0) is 16.0 Å². The highest BCUT2D eigenvalue weighted by Crippen LogP contribution is 2.18. The Hall–Kier alpha value is -3.41. The van der Waals surface area contributed by atoms with Crippen LogP contribution in [-0.4, -0.2) is 21.6 Å². The van der Waals surface area contributed by atoms with E-state index in [9.17, 15) is 9.59 Å². The summed E-state index contributed by atoms with van der Waals surface area (Å²) in [7, 11) is 0. The average molecular weight is 405 g/mol. The van der Waals surface area contributed by atoms with Crippen molar-refractivity contribution in [2.45, 2.75) is 45.6 Å². The molecule has 0 spiro atoms. The Morgan fingerprint density at radius 3 is 2.30 bits per heavy atom. The normalized spacial score (nSPS) is 11.9. The van der Waals surface area contributed by atoms with Gasteiger partial charge in [-0.25, -0.2) is 0 Å². The molecule has 0 aliphatic rings. The lowest BCUT2D eigenvalue weighted by Gasteiger charge is -2.13. The predicted molar refractivity (Wildman–Crippen MR) is 119 cm³/mol. The van der Waals surface area contributed by atoms with Crippen LogP contribution in [0.5, 0.6) is 0 Å². The van der Waals surface area contributed by atoms with Gasteiger partial charge in [-0.15, -0.1) is 0 Å². The Bertz CT molecular complexity index is 979. The summed E-state index contributed by atoms with van der Waals surface area (Å²) in [5.41, 5.74) is 3.72. The van der Waals surface area contributed by atoms with Crippen molar-refractivity contribution in [1.29, 1.82) is 0 Å². The quantitative estimate of drug-likeness (QED) is 0.567. The maximum absolute atomic E-state index is 12.4. The zero-order chi connectivity index (χ0) is 21.5. The van der Waals surface area contributed by atoms with Crippen molar-refractivity contribution in [3.63, 3.8) is 0 Å². The van der Waals surface area contributed by atoms with E-state index in [4.69, 9.17) is 0 Å². The van der Waals surface area contributed by atoms with Crippen LogP contribution in [0.4, 0.5) is 11.4 Å². The third-order valence-corrected chi connectivity index (χ3v) is 5.00. The zero-order valence-electron chi connectivity index (χ0n) is 17.6. The summed E-state index contributed by atoms with van der Waals surface area (Å²) in [5.74, 6) is 0.265. The van der Waals surface area contributed by atoms with Gasteiger partial charge < -0.3 is 10.6 Å². The van der Waals surface area contributed by atoms with E-state index in [1.54, 1.807) is 48.3 Å². The van der Waals surface area contributed by atoms with Gasteiger partial charge in [-0.2, -0.15) is 5.10 Å². The minimum Gasteiger partial charge on any atom is -0.326 e. The molecular weight excluding hydrogens is 376 g/mol. The van der Waals surface area contributed by atoms with E-state index in [-0.39, 0.29) is 11.8 Å². The van der Waals surface area contributed by atoms with E-state index < -0.39 is 6.04 Å². The van der Waals surface area contributed by atoms with Crippen molar-refractivity contribution < 1.29 is 9.59 Å². The molecule has 2 aromatic carbocycles. The van der Waals surface area contributed by atoms with Crippen LogP contribution < -0.4 is 10.6 Å². The Balaban J connectivity index is 1.52. The summed E-state index contributed by atoms with van der Waals surface area (Å²) in [4.78, 5) is 24.8. The van der Waals surface area contributed by atoms with Gasteiger partial charge in [-0.05, 0) is 54.7 Å². The fraction of sp³-hybridized carbons (Fsp3) is 0.292. The molecule has 0 aliphatic heterocycles. The monoisotopic (exact) mass is 404 g/mol. The molecule has 0 saturated carbocycles. The number of nitrogens with zero attached hydrogens (tertiary/aromatic N) is 2. The molecule has 2 amide bonds. The van der Waals surface area contributed by atoms with E-state index in [1.165, 1.54) is 5.56 Å². The summed E-state index contributed by atoms with van der Waals surface area (Å²) < 4.78 is 1.59. The summed E-state index contributed by atoms with van der Waals surface area (Å²) in [6.07, 6.45) is 4.46. The number of carbonyl (C=O) groups is 2. The van der Waals surface area contributed by atoms with Gasteiger partial charge in [0.25, 0.3) is 0 Å². The highest BCUT2D eigenvalue weighted by Gasteiger charge is 2.15. The van der Waals surface area contributed by atoms with Crippen molar-refractivity contribution in [3.8, 4) is 0 Å². The van der Waals surface area contributed by atoms with E-state index in [2.05, 4.69) is 53.8 Å². The van der Waals surface area contributed by atoms with E-state index in [0.29, 0.717) is 30.1 Å².